The normalized spacial score (nSPS) is 17.2. The lowest BCUT2D eigenvalue weighted by Crippen LogP contribution is -2.35. The minimum absolute atomic E-state index is 0.0138. The number of amides is 2. The summed E-state index contributed by atoms with van der Waals surface area (Å²) in [4.78, 5) is 40.6. The van der Waals surface area contributed by atoms with Crippen LogP contribution in [-0.4, -0.2) is 72.4 Å². The van der Waals surface area contributed by atoms with E-state index in [0.717, 1.165) is 5.56 Å². The van der Waals surface area contributed by atoms with Gasteiger partial charge in [-0.1, -0.05) is 12.1 Å². The standard InChI is InChI=1S/C27H33N3O6/c1-16(2)36-21-11-8-19(14-17(21)3)25(32)23-24(30(13-12-29(4)5)27(34)26(23)33)18-6-9-20(10-7-18)35-15-22(28)31/h6-11,14,16,24,32H,12-13,15H2,1-5H3,(H2,28,31)/b25-23+. The molecule has 1 saturated heterocycles. The molecular weight excluding hydrogens is 462 g/mol. The summed E-state index contributed by atoms with van der Waals surface area (Å²) in [6, 6.07) is 11.0. The molecule has 192 valence electrons. The Kier molecular flexibility index (Phi) is 8.37. The highest BCUT2D eigenvalue weighted by molar-refractivity contribution is 6.46. The van der Waals surface area contributed by atoms with Gasteiger partial charge in [0.2, 0.25) is 0 Å². The van der Waals surface area contributed by atoms with Gasteiger partial charge < -0.3 is 30.1 Å². The van der Waals surface area contributed by atoms with Crippen LogP contribution in [0.3, 0.4) is 0 Å². The Morgan fingerprint density at radius 1 is 1.14 bits per heavy atom. The van der Waals surface area contributed by atoms with E-state index < -0.39 is 23.6 Å². The zero-order chi connectivity index (χ0) is 26.6. The zero-order valence-electron chi connectivity index (χ0n) is 21.3. The molecule has 9 heteroatoms. The van der Waals surface area contributed by atoms with Gasteiger partial charge in [-0.2, -0.15) is 0 Å². The summed E-state index contributed by atoms with van der Waals surface area (Å²) >= 11 is 0. The Morgan fingerprint density at radius 3 is 2.36 bits per heavy atom. The van der Waals surface area contributed by atoms with Crippen LogP contribution in [0.5, 0.6) is 11.5 Å². The monoisotopic (exact) mass is 495 g/mol. The quantitative estimate of drug-likeness (QED) is 0.295. The summed E-state index contributed by atoms with van der Waals surface area (Å²) in [6.45, 7) is 6.26. The zero-order valence-corrected chi connectivity index (χ0v) is 21.3. The Hall–Kier alpha value is -3.85. The maximum atomic E-state index is 13.2. The summed E-state index contributed by atoms with van der Waals surface area (Å²) in [5, 5.41) is 11.3. The number of rotatable bonds is 10. The summed E-state index contributed by atoms with van der Waals surface area (Å²) < 4.78 is 11.1. The molecule has 2 amide bonds. The number of aliphatic hydroxyl groups excluding tert-OH is 1. The van der Waals surface area contributed by atoms with E-state index in [0.29, 0.717) is 35.7 Å². The number of hydrogen-bond donors (Lipinski definition) is 2. The van der Waals surface area contributed by atoms with Crippen molar-refractivity contribution in [3.05, 3.63) is 64.7 Å². The number of ketones is 1. The summed E-state index contributed by atoms with van der Waals surface area (Å²) in [7, 11) is 3.75. The number of nitrogens with zero attached hydrogens (tertiary/aromatic N) is 2. The van der Waals surface area contributed by atoms with Crippen LogP contribution in [0.2, 0.25) is 0 Å². The largest absolute Gasteiger partial charge is 0.507 e. The van der Waals surface area contributed by atoms with Crippen molar-refractivity contribution in [2.24, 2.45) is 5.73 Å². The molecule has 1 unspecified atom stereocenters. The number of likely N-dealkylation sites (tertiary alicyclic amines) is 1. The molecule has 2 aromatic carbocycles. The minimum Gasteiger partial charge on any atom is -0.507 e. The minimum atomic E-state index is -0.790. The topological polar surface area (TPSA) is 122 Å². The van der Waals surface area contributed by atoms with Crippen molar-refractivity contribution in [3.8, 4) is 11.5 Å². The van der Waals surface area contributed by atoms with Gasteiger partial charge in [0.15, 0.2) is 6.61 Å². The lowest BCUT2D eigenvalue weighted by Gasteiger charge is -2.26. The van der Waals surface area contributed by atoms with Crippen molar-refractivity contribution in [1.29, 1.82) is 0 Å². The molecule has 1 heterocycles. The summed E-state index contributed by atoms with van der Waals surface area (Å²) in [6.07, 6.45) is -0.0138. The maximum absolute atomic E-state index is 13.2. The number of Topliss-reactive ketones (excluding diaryl/α,β-unsaturated/α-hetero) is 1. The molecule has 36 heavy (non-hydrogen) atoms. The average Bonchev–Trinajstić information content (AvgIpc) is 3.07. The molecule has 1 fully saturated rings. The van der Waals surface area contributed by atoms with Gasteiger partial charge in [0.25, 0.3) is 17.6 Å². The van der Waals surface area contributed by atoms with Gasteiger partial charge >= 0.3 is 0 Å². The second-order valence-corrected chi connectivity index (χ2v) is 9.27. The van der Waals surface area contributed by atoms with Gasteiger partial charge in [0, 0.05) is 18.7 Å². The number of benzene rings is 2. The molecule has 9 nitrogen and oxygen atoms in total. The molecule has 1 atom stereocenters. The first kappa shape index (κ1) is 26.7. The predicted molar refractivity (Wildman–Crippen MR) is 136 cm³/mol. The number of aliphatic hydroxyl groups is 1. The van der Waals surface area contributed by atoms with Crippen molar-refractivity contribution >= 4 is 23.4 Å². The van der Waals surface area contributed by atoms with E-state index in [4.69, 9.17) is 15.2 Å². The van der Waals surface area contributed by atoms with Gasteiger partial charge in [-0.15, -0.1) is 0 Å². The summed E-state index contributed by atoms with van der Waals surface area (Å²) in [5.41, 5.74) is 6.98. The van der Waals surface area contributed by atoms with E-state index in [2.05, 4.69) is 0 Å². The number of aryl methyl sites for hydroxylation is 1. The summed E-state index contributed by atoms with van der Waals surface area (Å²) in [5.74, 6) is -1.18. The number of carbonyl (C=O) groups is 3. The second kappa shape index (κ2) is 11.3. The van der Waals surface area contributed by atoms with Crippen molar-refractivity contribution in [2.45, 2.75) is 32.9 Å². The molecule has 0 aliphatic carbocycles. The highest BCUT2D eigenvalue weighted by Gasteiger charge is 2.45. The first-order chi connectivity index (χ1) is 17.0. The van der Waals surface area contributed by atoms with Crippen LogP contribution < -0.4 is 15.2 Å². The average molecular weight is 496 g/mol. The molecule has 0 saturated carbocycles. The fourth-order valence-corrected chi connectivity index (χ4v) is 4.00. The van der Waals surface area contributed by atoms with Crippen molar-refractivity contribution in [2.75, 3.05) is 33.8 Å². The smallest absolute Gasteiger partial charge is 0.295 e. The number of likely N-dealkylation sites (N-methyl/N-ethyl adjacent to an activating group) is 1. The predicted octanol–water partition coefficient (Wildman–Crippen LogP) is 2.63. The third-order valence-electron chi connectivity index (χ3n) is 5.72. The molecule has 1 aliphatic heterocycles. The third-order valence-corrected chi connectivity index (χ3v) is 5.72. The van der Waals surface area contributed by atoms with Crippen molar-refractivity contribution in [3.63, 3.8) is 0 Å². The fourth-order valence-electron chi connectivity index (χ4n) is 4.00. The Balaban J connectivity index is 2.06. The highest BCUT2D eigenvalue weighted by Crippen LogP contribution is 2.40. The first-order valence-corrected chi connectivity index (χ1v) is 11.7. The van der Waals surface area contributed by atoms with Crippen LogP contribution in [0.1, 0.15) is 36.6 Å². The lowest BCUT2D eigenvalue weighted by atomic mass is 9.94. The fraction of sp³-hybridized carbons (Fsp3) is 0.370. The van der Waals surface area contributed by atoms with Gasteiger partial charge in [0.1, 0.15) is 17.3 Å². The van der Waals surface area contributed by atoms with Gasteiger partial charge in [0.05, 0.1) is 17.7 Å². The Labute approximate surface area is 211 Å². The van der Waals surface area contributed by atoms with E-state index in [1.54, 1.807) is 42.5 Å². The number of carbonyl (C=O) groups excluding carboxylic acids is 3. The lowest BCUT2D eigenvalue weighted by molar-refractivity contribution is -0.140. The van der Waals surface area contributed by atoms with E-state index >= 15 is 0 Å². The maximum Gasteiger partial charge on any atom is 0.295 e. The number of hydrogen-bond acceptors (Lipinski definition) is 7. The molecule has 0 aromatic heterocycles. The van der Waals surface area contributed by atoms with Crippen molar-refractivity contribution < 1.29 is 29.0 Å². The second-order valence-electron chi connectivity index (χ2n) is 9.27. The molecule has 0 spiro atoms. The molecule has 1 aliphatic rings. The SMILES string of the molecule is Cc1cc(/C(O)=C2\C(=O)C(=O)N(CCN(C)C)C2c2ccc(OCC(N)=O)cc2)ccc1OC(C)C. The molecular formula is C27H33N3O6. The van der Waals surface area contributed by atoms with Crippen LogP contribution in [0.15, 0.2) is 48.0 Å². The molecule has 3 N–H and O–H groups in total. The van der Waals surface area contributed by atoms with E-state index in [1.807, 2.05) is 39.8 Å². The van der Waals surface area contributed by atoms with Crippen LogP contribution >= 0.6 is 0 Å². The number of primary amides is 1. The number of ether oxygens (including phenoxy) is 2. The third kappa shape index (κ3) is 6.04. The van der Waals surface area contributed by atoms with Crippen molar-refractivity contribution in [1.82, 2.24) is 9.80 Å². The molecule has 2 aromatic rings. The molecule has 3 rings (SSSR count). The Bertz CT molecular complexity index is 1170. The first-order valence-electron chi connectivity index (χ1n) is 11.7. The van der Waals surface area contributed by atoms with Crippen LogP contribution in [0.4, 0.5) is 0 Å². The molecule has 0 bridgehead atoms. The van der Waals surface area contributed by atoms with Gasteiger partial charge in [-0.25, -0.2) is 0 Å². The van der Waals surface area contributed by atoms with Crippen LogP contribution in [0, 0.1) is 6.92 Å². The highest BCUT2D eigenvalue weighted by atomic mass is 16.5. The molecule has 0 radical (unpaired) electrons. The van der Waals surface area contributed by atoms with E-state index in [1.165, 1.54) is 4.90 Å². The van der Waals surface area contributed by atoms with E-state index in [-0.39, 0.29) is 24.0 Å². The van der Waals surface area contributed by atoms with Gasteiger partial charge in [-0.3, -0.25) is 14.4 Å². The Morgan fingerprint density at radius 2 is 1.81 bits per heavy atom. The van der Waals surface area contributed by atoms with Gasteiger partial charge in [-0.05, 0) is 76.3 Å². The van der Waals surface area contributed by atoms with Crippen LogP contribution in [0.25, 0.3) is 5.76 Å². The van der Waals surface area contributed by atoms with Crippen LogP contribution in [-0.2, 0) is 14.4 Å². The number of nitrogens with two attached hydrogens (primary N) is 1. The van der Waals surface area contributed by atoms with E-state index in [9.17, 15) is 19.5 Å².